The third-order valence-electron chi connectivity index (χ3n) is 5.51. The molecule has 0 aliphatic carbocycles. The van der Waals surface area contributed by atoms with E-state index < -0.39 is 0 Å². The topological polar surface area (TPSA) is 76.4 Å². The Morgan fingerprint density at radius 3 is 2.87 bits per heavy atom. The molecule has 1 aliphatic rings. The average molecular weight is 421 g/mol. The van der Waals surface area contributed by atoms with E-state index in [4.69, 9.17) is 9.73 Å². The molecule has 0 unspecified atom stereocenters. The monoisotopic (exact) mass is 420 g/mol. The number of aryl methyl sites for hydroxylation is 1. The fourth-order valence-corrected chi connectivity index (χ4v) is 3.88. The second-order valence-corrected chi connectivity index (χ2v) is 7.83. The van der Waals surface area contributed by atoms with Gasteiger partial charge in [-0.15, -0.1) is 10.2 Å². The predicted octanol–water partition coefficient (Wildman–Crippen LogP) is 3.68. The third kappa shape index (κ3) is 5.75. The van der Waals surface area contributed by atoms with Gasteiger partial charge in [0, 0.05) is 26.1 Å². The first kappa shape index (κ1) is 21.2. The van der Waals surface area contributed by atoms with Crippen molar-refractivity contribution in [3.05, 3.63) is 54.1 Å². The summed E-state index contributed by atoms with van der Waals surface area (Å²) in [4.78, 5) is 4.71. The van der Waals surface area contributed by atoms with E-state index >= 15 is 0 Å². The van der Waals surface area contributed by atoms with Crippen LogP contribution in [0.4, 0.5) is 0 Å². The summed E-state index contributed by atoms with van der Waals surface area (Å²) in [5, 5.41) is 17.9. The first-order valence-corrected chi connectivity index (χ1v) is 11.4. The quantitative estimate of drug-likeness (QED) is 0.330. The molecule has 2 aromatic carbocycles. The van der Waals surface area contributed by atoms with Crippen LogP contribution in [0.1, 0.15) is 44.3 Å². The van der Waals surface area contributed by atoms with Crippen LogP contribution in [0.25, 0.3) is 10.8 Å². The highest BCUT2D eigenvalue weighted by Crippen LogP contribution is 2.20. The second-order valence-electron chi connectivity index (χ2n) is 7.83. The molecule has 0 amide bonds. The van der Waals surface area contributed by atoms with Crippen molar-refractivity contribution in [2.75, 3.05) is 19.7 Å². The van der Waals surface area contributed by atoms with Gasteiger partial charge in [0.05, 0.1) is 6.61 Å². The lowest BCUT2D eigenvalue weighted by atomic mass is 10.1. The molecule has 0 radical (unpaired) electrons. The molecule has 7 heteroatoms. The molecule has 4 rings (SSSR count). The van der Waals surface area contributed by atoms with E-state index in [2.05, 4.69) is 68.7 Å². The van der Waals surface area contributed by atoms with Crippen molar-refractivity contribution in [3.8, 4) is 5.75 Å². The summed E-state index contributed by atoms with van der Waals surface area (Å²) < 4.78 is 8.17. The van der Waals surface area contributed by atoms with E-state index in [0.717, 1.165) is 55.8 Å². The Hall–Kier alpha value is -3.09. The van der Waals surface area contributed by atoms with Crippen molar-refractivity contribution in [2.45, 2.75) is 52.1 Å². The Morgan fingerprint density at radius 1 is 1.06 bits per heavy atom. The van der Waals surface area contributed by atoms with E-state index in [1.54, 1.807) is 0 Å². The molecule has 1 aromatic heterocycles. The van der Waals surface area contributed by atoms with E-state index in [9.17, 15) is 0 Å². The van der Waals surface area contributed by atoms with Crippen LogP contribution < -0.4 is 15.4 Å². The van der Waals surface area contributed by atoms with Gasteiger partial charge in [0.25, 0.3) is 0 Å². The van der Waals surface area contributed by atoms with Gasteiger partial charge in [-0.2, -0.15) is 0 Å². The summed E-state index contributed by atoms with van der Waals surface area (Å²) >= 11 is 0. The number of aliphatic imine (C=N–C) groups is 1. The Bertz CT molecular complexity index is 1010. The molecule has 7 nitrogen and oxygen atoms in total. The van der Waals surface area contributed by atoms with Crippen LogP contribution in [-0.4, -0.2) is 40.4 Å². The van der Waals surface area contributed by atoms with Gasteiger partial charge in [-0.05, 0) is 49.1 Å². The molecule has 2 heterocycles. The molecule has 1 aliphatic heterocycles. The Kier molecular flexibility index (Phi) is 7.37. The SMILES string of the molecule is CCNC(=NCc1nnc2n1CCCCC2)NCCCOc1ccc2ccccc2c1. The maximum Gasteiger partial charge on any atom is 0.191 e. The average Bonchev–Trinajstić information content (AvgIpc) is 3.02. The third-order valence-corrected chi connectivity index (χ3v) is 5.51. The fraction of sp³-hybridized carbons (Fsp3) is 0.458. The van der Waals surface area contributed by atoms with Crippen LogP contribution >= 0.6 is 0 Å². The molecule has 0 bridgehead atoms. The highest BCUT2D eigenvalue weighted by Gasteiger charge is 2.14. The predicted molar refractivity (Wildman–Crippen MR) is 124 cm³/mol. The molecule has 0 saturated carbocycles. The van der Waals surface area contributed by atoms with Crippen molar-refractivity contribution >= 4 is 16.7 Å². The molecule has 0 atom stereocenters. The molecule has 0 fully saturated rings. The normalized spacial score (nSPS) is 14.2. The summed E-state index contributed by atoms with van der Waals surface area (Å²) in [6, 6.07) is 14.5. The molecule has 0 spiro atoms. The summed E-state index contributed by atoms with van der Waals surface area (Å²) in [5.74, 6) is 3.77. The van der Waals surface area contributed by atoms with Gasteiger partial charge in [-0.3, -0.25) is 0 Å². The number of hydrogen-bond donors (Lipinski definition) is 2. The van der Waals surface area contributed by atoms with Gasteiger partial charge in [0.15, 0.2) is 11.8 Å². The Labute approximate surface area is 183 Å². The maximum atomic E-state index is 5.93. The molecule has 2 N–H and O–H groups in total. The molecule has 164 valence electrons. The number of nitrogens with one attached hydrogen (secondary N) is 2. The van der Waals surface area contributed by atoms with Gasteiger partial charge in [0.1, 0.15) is 18.1 Å². The minimum absolute atomic E-state index is 0.538. The first-order valence-electron chi connectivity index (χ1n) is 11.4. The molecule has 0 saturated heterocycles. The van der Waals surface area contributed by atoms with Gasteiger partial charge in [-0.1, -0.05) is 36.8 Å². The van der Waals surface area contributed by atoms with Gasteiger partial charge < -0.3 is 19.9 Å². The maximum absolute atomic E-state index is 5.93. The zero-order valence-electron chi connectivity index (χ0n) is 18.3. The number of rotatable bonds is 8. The summed E-state index contributed by atoms with van der Waals surface area (Å²) in [7, 11) is 0. The van der Waals surface area contributed by atoms with Crippen molar-refractivity contribution in [2.24, 2.45) is 4.99 Å². The number of nitrogens with zero attached hydrogens (tertiary/aromatic N) is 4. The molecule has 3 aromatic rings. The minimum atomic E-state index is 0.538. The smallest absolute Gasteiger partial charge is 0.191 e. The summed E-state index contributed by atoms with van der Waals surface area (Å²) in [6.07, 6.45) is 5.56. The summed E-state index contributed by atoms with van der Waals surface area (Å²) in [5.41, 5.74) is 0. The highest BCUT2D eigenvalue weighted by molar-refractivity contribution is 5.83. The van der Waals surface area contributed by atoms with Gasteiger partial charge >= 0.3 is 0 Å². The zero-order valence-corrected chi connectivity index (χ0v) is 18.3. The van der Waals surface area contributed by atoms with Gasteiger partial charge in [0.2, 0.25) is 0 Å². The lowest BCUT2D eigenvalue weighted by Crippen LogP contribution is -2.38. The van der Waals surface area contributed by atoms with E-state index in [-0.39, 0.29) is 0 Å². The standard InChI is InChI=1S/C24H32N6O/c1-2-25-24(27-18-23-29-28-22-11-4-3-7-15-30(22)23)26-14-8-16-31-21-13-12-19-9-5-6-10-20(19)17-21/h5-6,9-10,12-13,17H,2-4,7-8,11,14-16,18H2,1H3,(H2,25,26,27). The Balaban J connectivity index is 1.25. The van der Waals surface area contributed by atoms with Crippen LogP contribution in [0, 0.1) is 0 Å². The lowest BCUT2D eigenvalue weighted by Gasteiger charge is -2.12. The van der Waals surface area contributed by atoms with Crippen LogP contribution in [0.15, 0.2) is 47.5 Å². The number of fused-ring (bicyclic) bond motifs is 2. The number of ether oxygens (including phenoxy) is 1. The first-order chi connectivity index (χ1) is 15.3. The summed E-state index contributed by atoms with van der Waals surface area (Å²) in [6.45, 7) is 5.87. The highest BCUT2D eigenvalue weighted by atomic mass is 16.5. The van der Waals surface area contributed by atoms with Crippen molar-refractivity contribution in [3.63, 3.8) is 0 Å². The molecular formula is C24H32N6O. The van der Waals surface area contributed by atoms with E-state index in [1.165, 1.54) is 30.0 Å². The van der Waals surface area contributed by atoms with Crippen molar-refractivity contribution in [1.29, 1.82) is 0 Å². The molecular weight excluding hydrogens is 388 g/mol. The van der Waals surface area contributed by atoms with Crippen LogP contribution in [0.2, 0.25) is 0 Å². The zero-order chi connectivity index (χ0) is 21.3. The van der Waals surface area contributed by atoms with Crippen molar-refractivity contribution < 1.29 is 4.74 Å². The second kappa shape index (κ2) is 10.8. The van der Waals surface area contributed by atoms with Crippen molar-refractivity contribution in [1.82, 2.24) is 25.4 Å². The minimum Gasteiger partial charge on any atom is -0.494 e. The van der Waals surface area contributed by atoms with Crippen LogP contribution in [0.5, 0.6) is 5.75 Å². The van der Waals surface area contributed by atoms with Crippen LogP contribution in [-0.2, 0) is 19.5 Å². The van der Waals surface area contributed by atoms with Crippen LogP contribution in [0.3, 0.4) is 0 Å². The number of hydrogen-bond acceptors (Lipinski definition) is 4. The fourth-order valence-electron chi connectivity index (χ4n) is 3.88. The Morgan fingerprint density at radius 2 is 1.97 bits per heavy atom. The number of benzene rings is 2. The van der Waals surface area contributed by atoms with E-state index in [1.807, 2.05) is 6.07 Å². The lowest BCUT2D eigenvalue weighted by molar-refractivity contribution is 0.311. The largest absolute Gasteiger partial charge is 0.494 e. The number of aromatic nitrogens is 3. The van der Waals surface area contributed by atoms with Gasteiger partial charge in [-0.25, -0.2) is 4.99 Å². The number of guanidine groups is 1. The molecule has 31 heavy (non-hydrogen) atoms. The van der Waals surface area contributed by atoms with E-state index in [0.29, 0.717) is 13.2 Å².